The average molecular weight is 264 g/mol. The maximum Gasteiger partial charge on any atom is 0.292 e. The molecular weight excluding hydrogens is 244 g/mol. The molecule has 2 rings (SSSR count). The van der Waals surface area contributed by atoms with Crippen LogP contribution in [0.15, 0.2) is 24.3 Å². The molecule has 19 heavy (non-hydrogen) atoms. The zero-order chi connectivity index (χ0) is 13.8. The smallest absolute Gasteiger partial charge is 0.292 e. The fourth-order valence-electron chi connectivity index (χ4n) is 2.83. The lowest BCUT2D eigenvalue weighted by atomic mass is 9.86. The first kappa shape index (κ1) is 13.8. The number of aliphatic hydroxyl groups is 1. The van der Waals surface area contributed by atoms with Crippen LogP contribution in [-0.4, -0.2) is 29.7 Å². The summed E-state index contributed by atoms with van der Waals surface area (Å²) in [5, 5.41) is 20.2. The van der Waals surface area contributed by atoms with Gasteiger partial charge in [0.25, 0.3) is 5.69 Å². The molecule has 0 radical (unpaired) electrons. The zero-order valence-electron chi connectivity index (χ0n) is 11.2. The minimum atomic E-state index is -0.328. The third-order valence-electron chi connectivity index (χ3n) is 4.08. The van der Waals surface area contributed by atoms with E-state index in [0.717, 1.165) is 25.7 Å². The molecule has 0 bridgehead atoms. The molecule has 0 amide bonds. The summed E-state index contributed by atoms with van der Waals surface area (Å²) in [6.45, 7) is 0.252. The number of aliphatic hydroxyl groups excluding tert-OH is 1. The minimum Gasteiger partial charge on any atom is -0.396 e. The second kappa shape index (κ2) is 6.02. The van der Waals surface area contributed by atoms with Crippen molar-refractivity contribution in [3.8, 4) is 0 Å². The summed E-state index contributed by atoms with van der Waals surface area (Å²) < 4.78 is 0. The van der Waals surface area contributed by atoms with Crippen LogP contribution in [-0.2, 0) is 0 Å². The van der Waals surface area contributed by atoms with E-state index in [-0.39, 0.29) is 17.2 Å². The third kappa shape index (κ3) is 3.04. The fraction of sp³-hybridized carbons (Fsp3) is 0.571. The Hall–Kier alpha value is -1.62. The third-order valence-corrected chi connectivity index (χ3v) is 4.08. The van der Waals surface area contributed by atoms with Crippen molar-refractivity contribution < 1.29 is 10.0 Å². The lowest BCUT2D eigenvalue weighted by molar-refractivity contribution is -0.384. The van der Waals surface area contributed by atoms with Crippen LogP contribution in [0.25, 0.3) is 0 Å². The predicted molar refractivity (Wildman–Crippen MR) is 74.3 cm³/mol. The van der Waals surface area contributed by atoms with Gasteiger partial charge in [-0.3, -0.25) is 10.1 Å². The van der Waals surface area contributed by atoms with Crippen LogP contribution in [0.3, 0.4) is 0 Å². The van der Waals surface area contributed by atoms with Crippen LogP contribution in [0.1, 0.15) is 25.7 Å². The average Bonchev–Trinajstić information content (AvgIpc) is 2.46. The quantitative estimate of drug-likeness (QED) is 0.670. The van der Waals surface area contributed by atoms with Crippen molar-refractivity contribution in [2.24, 2.45) is 5.92 Å². The molecule has 1 aromatic carbocycles. The molecule has 1 aliphatic rings. The number of hydrogen-bond acceptors (Lipinski definition) is 4. The summed E-state index contributed by atoms with van der Waals surface area (Å²) in [6.07, 6.45) is 3.94. The molecule has 1 saturated carbocycles. The highest BCUT2D eigenvalue weighted by atomic mass is 16.6. The largest absolute Gasteiger partial charge is 0.396 e. The van der Waals surface area contributed by atoms with E-state index >= 15 is 0 Å². The Bertz CT molecular complexity index is 442. The van der Waals surface area contributed by atoms with Crippen LogP contribution in [0, 0.1) is 16.0 Å². The van der Waals surface area contributed by atoms with Crippen molar-refractivity contribution in [1.82, 2.24) is 0 Å². The van der Waals surface area contributed by atoms with Crippen LogP contribution >= 0.6 is 0 Å². The Morgan fingerprint density at radius 1 is 1.32 bits per heavy atom. The van der Waals surface area contributed by atoms with Crippen molar-refractivity contribution >= 4 is 11.4 Å². The Morgan fingerprint density at radius 3 is 2.53 bits per heavy atom. The second-order valence-electron chi connectivity index (χ2n) is 5.21. The highest BCUT2D eigenvalue weighted by molar-refractivity contribution is 5.63. The van der Waals surface area contributed by atoms with Gasteiger partial charge in [-0.1, -0.05) is 12.1 Å². The molecule has 1 aliphatic carbocycles. The number of nitro groups is 1. The summed E-state index contributed by atoms with van der Waals surface area (Å²) in [7, 11) is 1.92. The van der Waals surface area contributed by atoms with Crippen molar-refractivity contribution in [3.05, 3.63) is 34.4 Å². The minimum absolute atomic E-state index is 0.161. The van der Waals surface area contributed by atoms with E-state index in [2.05, 4.69) is 0 Å². The van der Waals surface area contributed by atoms with Gasteiger partial charge in [-0.25, -0.2) is 0 Å². The molecule has 0 aromatic heterocycles. The van der Waals surface area contributed by atoms with E-state index in [4.69, 9.17) is 5.11 Å². The Balaban J connectivity index is 2.12. The summed E-state index contributed by atoms with van der Waals surface area (Å²) in [4.78, 5) is 12.7. The lowest BCUT2D eigenvalue weighted by Crippen LogP contribution is -2.36. The highest BCUT2D eigenvalue weighted by Crippen LogP contribution is 2.33. The number of benzene rings is 1. The lowest BCUT2D eigenvalue weighted by Gasteiger charge is -2.35. The molecule has 0 atom stereocenters. The van der Waals surface area contributed by atoms with Crippen LogP contribution in [0.2, 0.25) is 0 Å². The van der Waals surface area contributed by atoms with Gasteiger partial charge in [0.15, 0.2) is 0 Å². The number of anilines is 1. The number of para-hydroxylation sites is 2. The van der Waals surface area contributed by atoms with E-state index in [1.807, 2.05) is 18.0 Å². The van der Waals surface area contributed by atoms with E-state index in [1.54, 1.807) is 18.2 Å². The first-order valence-corrected chi connectivity index (χ1v) is 6.70. The van der Waals surface area contributed by atoms with E-state index in [0.29, 0.717) is 17.6 Å². The normalized spacial score (nSPS) is 23.1. The van der Waals surface area contributed by atoms with Gasteiger partial charge in [-0.05, 0) is 37.7 Å². The number of nitro benzene ring substituents is 1. The van der Waals surface area contributed by atoms with Gasteiger partial charge < -0.3 is 10.0 Å². The Morgan fingerprint density at radius 2 is 1.95 bits per heavy atom. The summed E-state index contributed by atoms with van der Waals surface area (Å²) >= 11 is 0. The molecule has 0 unspecified atom stereocenters. The van der Waals surface area contributed by atoms with Gasteiger partial charge in [-0.15, -0.1) is 0 Å². The molecule has 1 fully saturated rings. The predicted octanol–water partition coefficient (Wildman–Crippen LogP) is 2.58. The van der Waals surface area contributed by atoms with Crippen molar-refractivity contribution in [1.29, 1.82) is 0 Å². The molecule has 104 valence electrons. The SMILES string of the molecule is CN(c1ccccc1[N+](=O)[O-])C1CCC(CO)CC1. The van der Waals surface area contributed by atoms with E-state index in [1.165, 1.54) is 0 Å². The molecule has 1 aromatic rings. The molecule has 0 spiro atoms. The molecule has 0 aliphatic heterocycles. The van der Waals surface area contributed by atoms with Crippen molar-refractivity contribution in [3.63, 3.8) is 0 Å². The van der Waals surface area contributed by atoms with Gasteiger partial charge in [0, 0.05) is 25.8 Å². The maximum absolute atomic E-state index is 11.1. The van der Waals surface area contributed by atoms with Crippen LogP contribution in [0.4, 0.5) is 11.4 Å². The molecule has 5 nitrogen and oxygen atoms in total. The van der Waals surface area contributed by atoms with Gasteiger partial charge in [0.05, 0.1) is 4.92 Å². The van der Waals surface area contributed by atoms with Crippen LogP contribution < -0.4 is 4.90 Å². The monoisotopic (exact) mass is 264 g/mol. The van der Waals surface area contributed by atoms with Gasteiger partial charge in [-0.2, -0.15) is 0 Å². The highest BCUT2D eigenvalue weighted by Gasteiger charge is 2.26. The summed E-state index contributed by atoms with van der Waals surface area (Å²) in [5.41, 5.74) is 0.842. The van der Waals surface area contributed by atoms with Gasteiger partial charge in [0.1, 0.15) is 5.69 Å². The standard InChI is InChI=1S/C14H20N2O3/c1-15(12-8-6-11(10-17)7-9-12)13-4-2-3-5-14(13)16(18)19/h2-5,11-12,17H,6-10H2,1H3. The number of rotatable bonds is 4. The van der Waals surface area contributed by atoms with Crippen molar-refractivity contribution in [2.75, 3.05) is 18.6 Å². The first-order chi connectivity index (χ1) is 9.13. The fourth-order valence-corrected chi connectivity index (χ4v) is 2.83. The van der Waals surface area contributed by atoms with Crippen LogP contribution in [0.5, 0.6) is 0 Å². The van der Waals surface area contributed by atoms with Crippen molar-refractivity contribution in [2.45, 2.75) is 31.7 Å². The zero-order valence-corrected chi connectivity index (χ0v) is 11.2. The Labute approximate surface area is 113 Å². The van der Waals surface area contributed by atoms with E-state index in [9.17, 15) is 10.1 Å². The van der Waals surface area contributed by atoms with Gasteiger partial charge in [0.2, 0.25) is 0 Å². The molecule has 5 heteroatoms. The second-order valence-corrected chi connectivity index (χ2v) is 5.21. The molecule has 0 saturated heterocycles. The summed E-state index contributed by atoms with van der Waals surface area (Å²) in [6, 6.07) is 7.20. The topological polar surface area (TPSA) is 66.6 Å². The number of nitrogens with zero attached hydrogens (tertiary/aromatic N) is 2. The Kier molecular flexibility index (Phi) is 4.37. The first-order valence-electron chi connectivity index (χ1n) is 6.70. The van der Waals surface area contributed by atoms with E-state index < -0.39 is 0 Å². The molecule has 1 N–H and O–H groups in total. The maximum atomic E-state index is 11.1. The van der Waals surface area contributed by atoms with Gasteiger partial charge >= 0.3 is 0 Å². The molecular formula is C14H20N2O3. The molecule has 0 heterocycles. The summed E-state index contributed by atoms with van der Waals surface area (Å²) in [5.74, 6) is 0.399. The number of hydrogen-bond donors (Lipinski definition) is 1.